The standard InChI is InChI=1S/C16H20N2O6/c1-3-22-12-6-5-11(9-13(12)23-4-2)15(20)24-10-14(19)18-8-7-17-16(18)21/h5-6,9H,3-4,7-8,10H2,1-2H3,(H,17,21). The highest BCUT2D eigenvalue weighted by Gasteiger charge is 2.27. The van der Waals surface area contributed by atoms with Crippen LogP contribution in [0.3, 0.4) is 0 Å². The van der Waals surface area contributed by atoms with Gasteiger partial charge in [-0.2, -0.15) is 0 Å². The quantitative estimate of drug-likeness (QED) is 0.752. The van der Waals surface area contributed by atoms with E-state index in [0.29, 0.717) is 31.3 Å². The van der Waals surface area contributed by atoms with Gasteiger partial charge >= 0.3 is 12.0 Å². The Morgan fingerprint density at radius 2 is 1.88 bits per heavy atom. The number of carbonyl (C=O) groups excluding carboxylic acids is 3. The lowest BCUT2D eigenvalue weighted by Crippen LogP contribution is -2.37. The predicted octanol–water partition coefficient (Wildman–Crippen LogP) is 1.19. The molecule has 1 aromatic rings. The van der Waals surface area contributed by atoms with Crippen LogP contribution in [-0.4, -0.2) is 55.7 Å². The van der Waals surface area contributed by atoms with E-state index in [-0.39, 0.29) is 12.1 Å². The van der Waals surface area contributed by atoms with Crippen LogP contribution in [0.25, 0.3) is 0 Å². The maximum atomic E-state index is 12.1. The van der Waals surface area contributed by atoms with E-state index in [0.717, 1.165) is 4.90 Å². The Bertz CT molecular complexity index is 631. The summed E-state index contributed by atoms with van der Waals surface area (Å²) in [5, 5.41) is 2.50. The number of nitrogens with one attached hydrogen (secondary N) is 1. The Balaban J connectivity index is 1.99. The Hall–Kier alpha value is -2.77. The molecule has 1 aromatic carbocycles. The summed E-state index contributed by atoms with van der Waals surface area (Å²) in [6, 6.07) is 4.17. The average molecular weight is 336 g/mol. The fourth-order valence-electron chi connectivity index (χ4n) is 2.18. The second-order valence-corrected chi connectivity index (χ2v) is 4.88. The van der Waals surface area contributed by atoms with Crippen LogP contribution in [0.5, 0.6) is 11.5 Å². The predicted molar refractivity (Wildman–Crippen MR) is 84.2 cm³/mol. The molecule has 0 saturated carbocycles. The van der Waals surface area contributed by atoms with Gasteiger partial charge < -0.3 is 19.5 Å². The molecule has 2 rings (SSSR count). The molecular weight excluding hydrogens is 316 g/mol. The number of urea groups is 1. The van der Waals surface area contributed by atoms with Crippen molar-refractivity contribution in [3.8, 4) is 11.5 Å². The van der Waals surface area contributed by atoms with Crippen LogP contribution in [-0.2, 0) is 9.53 Å². The largest absolute Gasteiger partial charge is 0.490 e. The summed E-state index contributed by atoms with van der Waals surface area (Å²) in [7, 11) is 0. The zero-order valence-electron chi connectivity index (χ0n) is 13.7. The van der Waals surface area contributed by atoms with Crippen LogP contribution < -0.4 is 14.8 Å². The van der Waals surface area contributed by atoms with Gasteiger partial charge in [0.05, 0.1) is 18.8 Å². The molecule has 8 heteroatoms. The molecule has 1 saturated heterocycles. The molecule has 0 bridgehead atoms. The van der Waals surface area contributed by atoms with Crippen molar-refractivity contribution in [2.75, 3.05) is 32.9 Å². The van der Waals surface area contributed by atoms with E-state index in [2.05, 4.69) is 5.32 Å². The second-order valence-electron chi connectivity index (χ2n) is 4.88. The summed E-state index contributed by atoms with van der Waals surface area (Å²) >= 11 is 0. The summed E-state index contributed by atoms with van der Waals surface area (Å²) in [6.45, 7) is 4.72. The third-order valence-electron chi connectivity index (χ3n) is 3.26. The molecule has 0 radical (unpaired) electrons. The maximum Gasteiger partial charge on any atom is 0.338 e. The van der Waals surface area contributed by atoms with Crippen molar-refractivity contribution in [2.45, 2.75) is 13.8 Å². The molecule has 24 heavy (non-hydrogen) atoms. The lowest BCUT2D eigenvalue weighted by atomic mass is 10.2. The lowest BCUT2D eigenvalue weighted by Gasteiger charge is -2.13. The highest BCUT2D eigenvalue weighted by atomic mass is 16.5. The van der Waals surface area contributed by atoms with Crippen molar-refractivity contribution in [2.24, 2.45) is 0 Å². The van der Waals surface area contributed by atoms with E-state index in [1.165, 1.54) is 12.1 Å². The lowest BCUT2D eigenvalue weighted by molar-refractivity contribution is -0.130. The Kier molecular flexibility index (Phi) is 6.00. The van der Waals surface area contributed by atoms with Gasteiger partial charge in [0.2, 0.25) is 0 Å². The van der Waals surface area contributed by atoms with Gasteiger partial charge in [-0.05, 0) is 32.0 Å². The summed E-state index contributed by atoms with van der Waals surface area (Å²) in [6.07, 6.45) is 0. The number of ether oxygens (including phenoxy) is 3. The van der Waals surface area contributed by atoms with Gasteiger partial charge in [-0.3, -0.25) is 9.69 Å². The molecular formula is C16H20N2O6. The second kappa shape index (κ2) is 8.19. The van der Waals surface area contributed by atoms with E-state index in [1.54, 1.807) is 6.07 Å². The number of hydrogen-bond donors (Lipinski definition) is 1. The monoisotopic (exact) mass is 336 g/mol. The van der Waals surface area contributed by atoms with Gasteiger partial charge in [0, 0.05) is 13.1 Å². The molecule has 0 aliphatic carbocycles. The first-order valence-electron chi connectivity index (χ1n) is 7.71. The molecule has 8 nitrogen and oxygen atoms in total. The van der Waals surface area contributed by atoms with E-state index in [1.807, 2.05) is 13.8 Å². The first kappa shape index (κ1) is 17.6. The third kappa shape index (κ3) is 4.15. The molecule has 0 atom stereocenters. The fraction of sp³-hybridized carbons (Fsp3) is 0.438. The Morgan fingerprint density at radius 3 is 2.50 bits per heavy atom. The minimum absolute atomic E-state index is 0.237. The van der Waals surface area contributed by atoms with Crippen LogP contribution in [0, 0.1) is 0 Å². The normalized spacial score (nSPS) is 13.4. The van der Waals surface area contributed by atoms with Crippen LogP contribution >= 0.6 is 0 Å². The molecule has 1 aliphatic rings. The molecule has 0 aromatic heterocycles. The molecule has 1 N–H and O–H groups in total. The SMILES string of the molecule is CCOc1ccc(C(=O)OCC(=O)N2CCNC2=O)cc1OCC. The van der Waals surface area contributed by atoms with Crippen LogP contribution in [0.4, 0.5) is 4.79 Å². The van der Waals surface area contributed by atoms with Crippen molar-refractivity contribution in [3.05, 3.63) is 23.8 Å². The van der Waals surface area contributed by atoms with Crippen LogP contribution in [0.2, 0.25) is 0 Å². The smallest absolute Gasteiger partial charge is 0.338 e. The number of benzene rings is 1. The molecule has 1 fully saturated rings. The van der Waals surface area contributed by atoms with Gasteiger partial charge in [0.1, 0.15) is 0 Å². The third-order valence-corrected chi connectivity index (χ3v) is 3.26. The molecule has 0 spiro atoms. The number of nitrogens with zero attached hydrogens (tertiary/aromatic N) is 1. The number of hydrogen-bond acceptors (Lipinski definition) is 6. The van der Waals surface area contributed by atoms with Crippen molar-refractivity contribution < 1.29 is 28.6 Å². The van der Waals surface area contributed by atoms with Crippen LogP contribution in [0.15, 0.2) is 18.2 Å². The number of carbonyl (C=O) groups is 3. The number of amides is 3. The van der Waals surface area contributed by atoms with Gasteiger partial charge in [-0.25, -0.2) is 9.59 Å². The summed E-state index contributed by atoms with van der Waals surface area (Å²) < 4.78 is 15.8. The Morgan fingerprint density at radius 1 is 1.17 bits per heavy atom. The fourth-order valence-corrected chi connectivity index (χ4v) is 2.18. The van der Waals surface area contributed by atoms with E-state index in [9.17, 15) is 14.4 Å². The van der Waals surface area contributed by atoms with Crippen molar-refractivity contribution in [1.29, 1.82) is 0 Å². The van der Waals surface area contributed by atoms with E-state index in [4.69, 9.17) is 14.2 Å². The molecule has 0 unspecified atom stereocenters. The Labute approximate surface area is 139 Å². The zero-order valence-corrected chi connectivity index (χ0v) is 13.7. The zero-order chi connectivity index (χ0) is 17.5. The average Bonchev–Trinajstić information content (AvgIpc) is 3.00. The van der Waals surface area contributed by atoms with Crippen molar-refractivity contribution >= 4 is 17.9 Å². The summed E-state index contributed by atoms with van der Waals surface area (Å²) in [4.78, 5) is 36.3. The summed E-state index contributed by atoms with van der Waals surface area (Å²) in [5.74, 6) is -0.277. The molecule has 3 amide bonds. The first-order chi connectivity index (χ1) is 11.6. The highest BCUT2D eigenvalue weighted by molar-refractivity contribution is 5.98. The van der Waals surface area contributed by atoms with E-state index < -0.39 is 24.5 Å². The van der Waals surface area contributed by atoms with Crippen molar-refractivity contribution in [3.63, 3.8) is 0 Å². The number of imide groups is 1. The van der Waals surface area contributed by atoms with Gasteiger partial charge in [-0.15, -0.1) is 0 Å². The van der Waals surface area contributed by atoms with E-state index >= 15 is 0 Å². The molecule has 130 valence electrons. The van der Waals surface area contributed by atoms with Crippen LogP contribution in [0.1, 0.15) is 24.2 Å². The minimum atomic E-state index is -0.674. The topological polar surface area (TPSA) is 94.2 Å². The summed E-state index contributed by atoms with van der Waals surface area (Å²) in [5.41, 5.74) is 0.237. The van der Waals surface area contributed by atoms with Gasteiger partial charge in [0.25, 0.3) is 5.91 Å². The maximum absolute atomic E-state index is 12.1. The first-order valence-corrected chi connectivity index (χ1v) is 7.71. The molecule has 1 aliphatic heterocycles. The van der Waals surface area contributed by atoms with Gasteiger partial charge in [-0.1, -0.05) is 0 Å². The van der Waals surface area contributed by atoms with Crippen molar-refractivity contribution in [1.82, 2.24) is 10.2 Å². The minimum Gasteiger partial charge on any atom is -0.490 e. The van der Waals surface area contributed by atoms with Gasteiger partial charge in [0.15, 0.2) is 18.1 Å². The number of esters is 1. The molecule has 1 heterocycles. The highest BCUT2D eigenvalue weighted by Crippen LogP contribution is 2.28. The number of rotatable bonds is 7.